The van der Waals surface area contributed by atoms with Gasteiger partial charge in [0, 0.05) is 67.9 Å². The monoisotopic (exact) mass is 728 g/mol. The SMILES string of the molecule is COc1ccc(Cn2nc(N[C@@H]3CCN(C(=O)C=CCN(C)C4CC4)C3)c3c(Oc4ccc(C(=O)Nc5cc(OC6CC6)ccn5)cc4)ccnc32)cc1. The predicted octanol–water partition coefficient (Wildman–Crippen LogP) is 6.13. The molecule has 2 N–H and O–H groups in total. The van der Waals surface area contributed by atoms with Crippen molar-refractivity contribution in [3.63, 3.8) is 0 Å². The van der Waals surface area contributed by atoms with E-state index in [4.69, 9.17) is 24.3 Å². The zero-order valence-electron chi connectivity index (χ0n) is 30.5. The number of hydrogen-bond donors (Lipinski definition) is 2. The number of likely N-dealkylation sites (N-methyl/N-ethyl adjacent to an activating group) is 1. The first-order valence-electron chi connectivity index (χ1n) is 18.5. The second-order valence-corrected chi connectivity index (χ2v) is 14.1. The maximum absolute atomic E-state index is 13.1. The number of fused-ring (bicyclic) bond motifs is 1. The van der Waals surface area contributed by atoms with Crippen LogP contribution in [0.15, 0.2) is 91.3 Å². The third-order valence-electron chi connectivity index (χ3n) is 9.90. The van der Waals surface area contributed by atoms with Crippen LogP contribution in [-0.4, -0.2) is 93.3 Å². The quantitative estimate of drug-likeness (QED) is 0.121. The summed E-state index contributed by atoms with van der Waals surface area (Å²) in [6.45, 7) is 2.46. The van der Waals surface area contributed by atoms with Crippen LogP contribution in [0.5, 0.6) is 23.0 Å². The smallest absolute Gasteiger partial charge is 0.256 e. The molecule has 2 aliphatic carbocycles. The van der Waals surface area contributed by atoms with Crippen LogP contribution < -0.4 is 24.8 Å². The Hall–Kier alpha value is -5.95. The summed E-state index contributed by atoms with van der Waals surface area (Å²) in [5, 5.41) is 12.2. The van der Waals surface area contributed by atoms with Crippen LogP contribution in [0.25, 0.3) is 11.0 Å². The first kappa shape index (κ1) is 35.1. The fraction of sp³-hybridized carbons (Fsp3) is 0.341. The summed E-state index contributed by atoms with van der Waals surface area (Å²) in [4.78, 5) is 39.3. The number of nitrogens with one attached hydrogen (secondary N) is 2. The lowest BCUT2D eigenvalue weighted by Crippen LogP contribution is -2.30. The normalized spacial score (nSPS) is 16.9. The van der Waals surface area contributed by atoms with Crippen molar-refractivity contribution in [2.45, 2.75) is 56.8 Å². The summed E-state index contributed by atoms with van der Waals surface area (Å²) in [7, 11) is 3.75. The van der Waals surface area contributed by atoms with E-state index in [9.17, 15) is 9.59 Å². The van der Waals surface area contributed by atoms with Gasteiger partial charge in [-0.1, -0.05) is 18.2 Å². The van der Waals surface area contributed by atoms with Gasteiger partial charge in [0.1, 0.15) is 34.2 Å². The number of carbonyl (C=O) groups is 2. The molecule has 13 nitrogen and oxygen atoms in total. The van der Waals surface area contributed by atoms with Gasteiger partial charge in [0.2, 0.25) is 5.91 Å². The van der Waals surface area contributed by atoms with Gasteiger partial charge in [-0.3, -0.25) is 14.5 Å². The fourth-order valence-corrected chi connectivity index (χ4v) is 6.55. The second-order valence-electron chi connectivity index (χ2n) is 14.1. The molecule has 1 aliphatic heterocycles. The Morgan fingerprint density at radius 1 is 0.926 bits per heavy atom. The van der Waals surface area contributed by atoms with E-state index in [1.165, 1.54) is 12.8 Å². The minimum Gasteiger partial charge on any atom is -0.497 e. The molecule has 3 fully saturated rings. The number of pyridine rings is 2. The Bertz CT molecular complexity index is 2140. The predicted molar refractivity (Wildman–Crippen MR) is 205 cm³/mol. The summed E-state index contributed by atoms with van der Waals surface area (Å²) in [6, 6.07) is 20.8. The number of benzene rings is 2. The van der Waals surface area contributed by atoms with Gasteiger partial charge in [-0.25, -0.2) is 14.6 Å². The van der Waals surface area contributed by atoms with Gasteiger partial charge < -0.3 is 29.7 Å². The zero-order chi connectivity index (χ0) is 37.0. The summed E-state index contributed by atoms with van der Waals surface area (Å²) < 4.78 is 19.5. The van der Waals surface area contributed by atoms with Crippen molar-refractivity contribution in [1.29, 1.82) is 0 Å². The second kappa shape index (κ2) is 15.6. The molecule has 2 saturated carbocycles. The van der Waals surface area contributed by atoms with E-state index in [1.807, 2.05) is 46.0 Å². The Morgan fingerprint density at radius 3 is 2.46 bits per heavy atom. The molecule has 0 bridgehead atoms. The molecule has 3 aromatic heterocycles. The molecule has 8 rings (SSSR count). The van der Waals surface area contributed by atoms with Crippen LogP contribution in [0.4, 0.5) is 11.6 Å². The van der Waals surface area contributed by atoms with Crippen LogP contribution in [0.2, 0.25) is 0 Å². The minimum absolute atomic E-state index is 0.00895. The van der Waals surface area contributed by atoms with Gasteiger partial charge in [0.05, 0.1) is 19.8 Å². The topological polar surface area (TPSA) is 136 Å². The molecule has 0 unspecified atom stereocenters. The molecule has 0 radical (unpaired) electrons. The molecule has 54 heavy (non-hydrogen) atoms. The van der Waals surface area contributed by atoms with Crippen LogP contribution in [0, 0.1) is 0 Å². The molecule has 278 valence electrons. The van der Waals surface area contributed by atoms with E-state index >= 15 is 0 Å². The molecular formula is C41H44N8O5. The first-order valence-corrected chi connectivity index (χ1v) is 18.5. The van der Waals surface area contributed by atoms with Gasteiger partial charge in [-0.15, -0.1) is 0 Å². The van der Waals surface area contributed by atoms with Crippen molar-refractivity contribution < 1.29 is 23.8 Å². The molecule has 3 aliphatic rings. The minimum atomic E-state index is -0.291. The van der Waals surface area contributed by atoms with Gasteiger partial charge in [-0.05, 0) is 87.2 Å². The Kier molecular flexibility index (Phi) is 10.1. The highest BCUT2D eigenvalue weighted by atomic mass is 16.5. The van der Waals surface area contributed by atoms with Gasteiger partial charge in [0.15, 0.2) is 11.5 Å². The number of hydrogen-bond acceptors (Lipinski definition) is 10. The Morgan fingerprint density at radius 2 is 1.70 bits per heavy atom. The van der Waals surface area contributed by atoms with Crippen molar-refractivity contribution in [2.24, 2.45) is 0 Å². The number of carbonyl (C=O) groups excluding carboxylic acids is 2. The van der Waals surface area contributed by atoms with Gasteiger partial charge >= 0.3 is 0 Å². The summed E-state index contributed by atoms with van der Waals surface area (Å²) in [5.41, 5.74) is 2.14. The number of likely N-dealkylation sites (tertiary alicyclic amines) is 1. The summed E-state index contributed by atoms with van der Waals surface area (Å²) in [5.74, 6) is 3.35. The maximum atomic E-state index is 13.1. The summed E-state index contributed by atoms with van der Waals surface area (Å²) >= 11 is 0. The van der Waals surface area contributed by atoms with Crippen molar-refractivity contribution in [3.05, 3.63) is 102 Å². The van der Waals surface area contributed by atoms with Crippen molar-refractivity contribution in [1.82, 2.24) is 29.5 Å². The number of rotatable bonds is 15. The highest BCUT2D eigenvalue weighted by Crippen LogP contribution is 2.36. The Labute approximate surface area is 313 Å². The first-order chi connectivity index (χ1) is 26.4. The van der Waals surface area contributed by atoms with E-state index in [1.54, 1.807) is 62.0 Å². The molecule has 13 heteroatoms. The Balaban J connectivity index is 0.991. The van der Waals surface area contributed by atoms with E-state index in [0.717, 1.165) is 42.5 Å². The molecular weight excluding hydrogens is 685 g/mol. The standard InChI is InChI=1S/C41H44N8O5/c1-47(30-9-10-30)22-3-4-37(50)48-23-19-29(26-48)44-39-38-35(18-21-43-40(38)49(46-39)25-27-5-11-31(52-2)12-6-27)54-33-13-7-28(8-14-33)41(51)45-36-24-34(17-20-42-36)53-32-15-16-32/h3-8,11-14,17-18,20-21,24,29-30,32H,9-10,15-16,19,22-23,25-26H2,1-2H3,(H,44,46)(H,42,45,51)/t29-/m1/s1. The average Bonchev–Trinajstić information content (AvgIpc) is 4.12. The number of anilines is 2. The highest BCUT2D eigenvalue weighted by molar-refractivity contribution is 6.04. The lowest BCUT2D eigenvalue weighted by Gasteiger charge is -2.16. The zero-order valence-corrected chi connectivity index (χ0v) is 30.5. The molecule has 1 atom stereocenters. The third kappa shape index (κ3) is 8.47. The van der Waals surface area contributed by atoms with E-state index in [-0.39, 0.29) is 24.0 Å². The summed E-state index contributed by atoms with van der Waals surface area (Å²) in [6.07, 6.45) is 12.6. The molecule has 0 spiro atoms. The molecule has 4 heterocycles. The van der Waals surface area contributed by atoms with Crippen molar-refractivity contribution >= 4 is 34.5 Å². The molecule has 5 aromatic rings. The number of aromatic nitrogens is 4. The number of ether oxygens (including phenoxy) is 3. The van der Waals surface area contributed by atoms with Gasteiger partial charge in [0.25, 0.3) is 5.91 Å². The largest absolute Gasteiger partial charge is 0.497 e. The number of amides is 2. The number of methoxy groups -OCH3 is 1. The maximum Gasteiger partial charge on any atom is 0.256 e. The van der Waals surface area contributed by atoms with Crippen LogP contribution in [0.3, 0.4) is 0 Å². The van der Waals surface area contributed by atoms with E-state index in [0.29, 0.717) is 65.8 Å². The van der Waals surface area contributed by atoms with Crippen LogP contribution in [-0.2, 0) is 11.3 Å². The fourth-order valence-electron chi connectivity index (χ4n) is 6.55. The van der Waals surface area contributed by atoms with Gasteiger partial charge in [-0.2, -0.15) is 5.10 Å². The van der Waals surface area contributed by atoms with E-state index in [2.05, 4.69) is 27.6 Å². The van der Waals surface area contributed by atoms with Crippen molar-refractivity contribution in [3.8, 4) is 23.0 Å². The molecule has 1 saturated heterocycles. The molecule has 2 aromatic carbocycles. The average molecular weight is 729 g/mol. The molecule has 2 amide bonds. The van der Waals surface area contributed by atoms with Crippen molar-refractivity contribution in [2.75, 3.05) is 44.4 Å². The lowest BCUT2D eigenvalue weighted by atomic mass is 10.2. The van der Waals surface area contributed by atoms with Crippen LogP contribution >= 0.6 is 0 Å². The third-order valence-corrected chi connectivity index (χ3v) is 9.90. The number of nitrogens with zero attached hydrogens (tertiary/aromatic N) is 6. The van der Waals surface area contributed by atoms with Crippen LogP contribution in [0.1, 0.15) is 48.0 Å². The van der Waals surface area contributed by atoms with E-state index < -0.39 is 0 Å². The lowest BCUT2D eigenvalue weighted by molar-refractivity contribution is -0.125. The highest BCUT2D eigenvalue weighted by Gasteiger charge is 2.29.